The van der Waals surface area contributed by atoms with Crippen LogP contribution in [-0.4, -0.2) is 78.2 Å². The van der Waals surface area contributed by atoms with Gasteiger partial charge in [0.15, 0.2) is 0 Å². The van der Waals surface area contributed by atoms with Gasteiger partial charge in [-0.2, -0.15) is 0 Å². The lowest BCUT2D eigenvalue weighted by molar-refractivity contribution is 0.00578. The first-order valence-corrected chi connectivity index (χ1v) is 28.7. The number of aromatic nitrogens is 1. The number of hydrogen-bond donors (Lipinski definition) is 0. The number of benzene rings is 2. The van der Waals surface area contributed by atoms with Gasteiger partial charge >= 0.3 is 14.2 Å². The third-order valence-electron chi connectivity index (χ3n) is 15.3. The first kappa shape index (κ1) is 49.7. The highest BCUT2D eigenvalue weighted by Crippen LogP contribution is 2.46. The van der Waals surface area contributed by atoms with E-state index in [0.29, 0.717) is 6.04 Å². The first-order valence-electron chi connectivity index (χ1n) is 24.2. The van der Waals surface area contributed by atoms with Crippen LogP contribution in [0.1, 0.15) is 179 Å². The summed E-state index contributed by atoms with van der Waals surface area (Å²) < 4.78 is 55.0. The average Bonchev–Trinajstić information content (AvgIpc) is 3.74. The normalized spacial score (nSPS) is 18.8. The lowest BCUT2D eigenvalue weighted by atomic mass is 9.78. The van der Waals surface area contributed by atoms with E-state index in [-0.39, 0.29) is 0 Å². The fourth-order valence-corrected chi connectivity index (χ4v) is 12.9. The molecule has 3 aromatic rings. The van der Waals surface area contributed by atoms with Crippen molar-refractivity contribution in [3.63, 3.8) is 0 Å². The van der Waals surface area contributed by atoms with Crippen LogP contribution in [0.3, 0.4) is 0 Å². The highest BCUT2D eigenvalue weighted by molar-refractivity contribution is 7.64. The smallest absolute Gasteiger partial charge is 0.399 e. The summed E-state index contributed by atoms with van der Waals surface area (Å²) in [6.45, 7) is 25.4. The summed E-state index contributed by atoms with van der Waals surface area (Å²) in [4.78, 5) is 0. The van der Waals surface area contributed by atoms with Crippen LogP contribution >= 0.6 is 14.3 Å². The van der Waals surface area contributed by atoms with Gasteiger partial charge in [-0.15, -0.1) is 0 Å². The van der Waals surface area contributed by atoms with Crippen LogP contribution in [0.2, 0.25) is 0 Å². The summed E-state index contributed by atoms with van der Waals surface area (Å²) in [6, 6.07) is 14.0. The molecule has 7 nitrogen and oxygen atoms in total. The molecule has 5 rings (SSSR count). The zero-order chi connectivity index (χ0) is 44.0. The largest absolute Gasteiger partial charge is 0.494 e. The predicted molar refractivity (Wildman–Crippen MR) is 262 cm³/mol. The Morgan fingerprint density at radius 2 is 0.783 bits per heavy atom. The zero-order valence-electron chi connectivity index (χ0n) is 40.1. The number of nitrogens with zero attached hydrogens (tertiary/aromatic N) is 1. The number of hydrogen-bond acceptors (Lipinski definition) is 6. The monoisotopic (exact) mass is 866 g/mol. The molecule has 0 radical (unpaired) electrons. The van der Waals surface area contributed by atoms with E-state index < -0.39 is 50.9 Å². The molecule has 0 bridgehead atoms. The van der Waals surface area contributed by atoms with Crippen molar-refractivity contribution in [2.24, 2.45) is 0 Å². The van der Waals surface area contributed by atoms with Crippen LogP contribution in [0.4, 0.5) is 0 Å². The molecular formula is C49H83B2NO6P2. The minimum atomic E-state index is -1.95. The maximum Gasteiger partial charge on any atom is 0.494 e. The second-order valence-corrected chi connectivity index (χ2v) is 28.1. The highest BCUT2D eigenvalue weighted by atomic mass is 31.2. The molecule has 60 heavy (non-hydrogen) atoms. The van der Waals surface area contributed by atoms with Crippen molar-refractivity contribution in [2.75, 3.05) is 37.0 Å². The van der Waals surface area contributed by atoms with E-state index in [2.05, 4.69) is 124 Å². The predicted octanol–water partition coefficient (Wildman–Crippen LogP) is 13.2. The molecule has 0 N–H and O–H groups in total. The second kappa shape index (κ2) is 20.7. The van der Waals surface area contributed by atoms with Crippen LogP contribution in [0, 0.1) is 0 Å². The van der Waals surface area contributed by atoms with Gasteiger partial charge in [0, 0.05) is 40.2 Å². The fourth-order valence-electron chi connectivity index (χ4n) is 9.18. The highest BCUT2D eigenvalue weighted by Gasteiger charge is 2.53. The number of fused-ring (bicyclic) bond motifs is 3. The lowest BCUT2D eigenvalue weighted by Gasteiger charge is -2.32. The third-order valence-corrected chi connectivity index (χ3v) is 22.2. The molecule has 3 heterocycles. The third kappa shape index (κ3) is 11.7. The Morgan fingerprint density at radius 1 is 0.483 bits per heavy atom. The van der Waals surface area contributed by atoms with Crippen molar-refractivity contribution in [2.45, 2.75) is 201 Å². The van der Waals surface area contributed by atoms with Gasteiger partial charge in [-0.25, -0.2) is 0 Å². The minimum absolute atomic E-state index is 0.326. The van der Waals surface area contributed by atoms with Gasteiger partial charge in [-0.3, -0.25) is 0 Å². The van der Waals surface area contributed by atoms with Crippen LogP contribution in [0.5, 0.6) is 0 Å². The van der Waals surface area contributed by atoms with E-state index in [1.54, 1.807) is 0 Å². The maximum absolute atomic E-state index is 13.0. The van der Waals surface area contributed by atoms with Gasteiger partial charge in [0.05, 0.1) is 36.7 Å². The number of rotatable bonds is 25. The zero-order valence-corrected chi connectivity index (χ0v) is 41.9. The molecule has 0 spiro atoms. The van der Waals surface area contributed by atoms with E-state index in [9.17, 15) is 9.13 Å². The van der Waals surface area contributed by atoms with Gasteiger partial charge in [-0.05, 0) is 129 Å². The topological polar surface area (TPSA) is 76.0 Å². The average molecular weight is 866 g/mol. The Kier molecular flexibility index (Phi) is 17.1. The minimum Gasteiger partial charge on any atom is -0.399 e. The van der Waals surface area contributed by atoms with Gasteiger partial charge in [-0.1, -0.05) is 116 Å². The Hall–Kier alpha value is -1.33. The quantitative estimate of drug-likeness (QED) is 0.0480. The molecule has 2 fully saturated rings. The molecule has 11 heteroatoms. The van der Waals surface area contributed by atoms with Crippen molar-refractivity contribution in [1.29, 1.82) is 0 Å². The van der Waals surface area contributed by atoms with Crippen molar-refractivity contribution >= 4 is 61.3 Å². The standard InChI is InChI=1S/C49H83B2NO6P2/c1-13-59(53,14-2)35-27-23-19-17-21-25-29-41(30-26-22-18-20-24-28-36-60(54,15-3)16-4)52-44-37-39(50-55-46(5,6)47(7,8)56-50)31-33-42(44)43-34-32-40(38-45(43)52)51-57-48(9,10)49(11,12)58-51/h31-34,37-38,41H,13-30,35-36H2,1-12H3. The molecule has 2 aliphatic rings. The molecule has 2 aromatic carbocycles. The summed E-state index contributed by atoms with van der Waals surface area (Å²) in [6.07, 6.45) is 21.6. The summed E-state index contributed by atoms with van der Waals surface area (Å²) in [7, 11) is -4.77. The Balaban J connectivity index is 1.42. The number of unbranched alkanes of at least 4 members (excludes halogenated alkanes) is 10. The molecular weight excluding hydrogens is 782 g/mol. The molecule has 0 amide bonds. The molecule has 1 aromatic heterocycles. The fraction of sp³-hybridized carbons (Fsp3) is 0.755. The van der Waals surface area contributed by atoms with Crippen molar-refractivity contribution < 1.29 is 27.7 Å². The molecule has 336 valence electrons. The van der Waals surface area contributed by atoms with E-state index in [1.165, 1.54) is 86.0 Å². The molecule has 2 aliphatic heterocycles. The van der Waals surface area contributed by atoms with E-state index in [0.717, 1.165) is 73.6 Å². The van der Waals surface area contributed by atoms with Crippen molar-refractivity contribution in [3.05, 3.63) is 36.4 Å². The van der Waals surface area contributed by atoms with E-state index in [1.807, 2.05) is 0 Å². The lowest BCUT2D eigenvalue weighted by Crippen LogP contribution is -2.41. The van der Waals surface area contributed by atoms with Crippen LogP contribution in [-0.2, 0) is 27.7 Å². The van der Waals surface area contributed by atoms with E-state index >= 15 is 0 Å². The molecule has 0 aliphatic carbocycles. The SMILES string of the molecule is CCP(=O)(CC)CCCCCCCCC(CCCCCCCCP(=O)(CC)CC)n1c2cc(B3OC(C)(C)C(C)(C)O3)ccc2c2ccc(B3OC(C)(C)C(C)(C)O3)cc21. The molecule has 0 saturated carbocycles. The van der Waals surface area contributed by atoms with Gasteiger partial charge in [0.2, 0.25) is 0 Å². The van der Waals surface area contributed by atoms with Gasteiger partial charge in [0.25, 0.3) is 0 Å². The molecule has 0 atom stereocenters. The Morgan fingerprint density at radius 3 is 1.10 bits per heavy atom. The molecule has 0 unspecified atom stereocenters. The van der Waals surface area contributed by atoms with Crippen LogP contribution < -0.4 is 10.9 Å². The van der Waals surface area contributed by atoms with Crippen molar-refractivity contribution in [3.8, 4) is 0 Å². The Bertz CT molecular complexity index is 1770. The maximum atomic E-state index is 13.0. The summed E-state index contributed by atoms with van der Waals surface area (Å²) in [5.74, 6) is 0. The molecule has 2 saturated heterocycles. The van der Waals surface area contributed by atoms with Crippen LogP contribution in [0.15, 0.2) is 36.4 Å². The Labute approximate surface area is 367 Å². The van der Waals surface area contributed by atoms with Crippen LogP contribution in [0.25, 0.3) is 21.8 Å². The van der Waals surface area contributed by atoms with E-state index in [4.69, 9.17) is 18.6 Å². The summed E-state index contributed by atoms with van der Waals surface area (Å²) in [5.41, 5.74) is 2.91. The summed E-state index contributed by atoms with van der Waals surface area (Å²) >= 11 is 0. The first-order chi connectivity index (χ1) is 28.2. The van der Waals surface area contributed by atoms with Gasteiger partial charge < -0.3 is 32.3 Å². The second-order valence-electron chi connectivity index (χ2n) is 20.4. The van der Waals surface area contributed by atoms with Crippen molar-refractivity contribution in [1.82, 2.24) is 4.57 Å². The van der Waals surface area contributed by atoms with Gasteiger partial charge in [0.1, 0.15) is 0 Å². The summed E-state index contributed by atoms with van der Waals surface area (Å²) in [5, 5.41) is 2.51.